The lowest BCUT2D eigenvalue weighted by Gasteiger charge is -2.30. The van der Waals surface area contributed by atoms with Crippen molar-refractivity contribution in [2.45, 2.75) is 25.0 Å². The van der Waals surface area contributed by atoms with Crippen molar-refractivity contribution in [2.24, 2.45) is 5.73 Å². The van der Waals surface area contributed by atoms with Crippen LogP contribution in [0.25, 0.3) is 22.4 Å². The van der Waals surface area contributed by atoms with Gasteiger partial charge in [-0.15, -0.1) is 0 Å². The molecule has 0 bridgehead atoms. The van der Waals surface area contributed by atoms with E-state index in [-0.39, 0.29) is 13.2 Å². The molecule has 1 saturated carbocycles. The first-order valence-corrected chi connectivity index (χ1v) is 10.5. The zero-order valence-electron chi connectivity index (χ0n) is 17.3. The largest absolute Gasteiger partial charge is 0.495 e. The molecular weight excluding hydrogens is 396 g/mol. The first kappa shape index (κ1) is 19.8. The zero-order valence-corrected chi connectivity index (χ0v) is 17.3. The molecule has 2 fully saturated rings. The predicted octanol–water partition coefficient (Wildman–Crippen LogP) is 1.88. The maximum atomic E-state index is 9.68. The van der Waals surface area contributed by atoms with Crippen molar-refractivity contribution in [3.05, 3.63) is 42.8 Å². The standard InChI is InChI=1S/C22H26N6O3/c1-14-12-27(7-8-30-14)21-19-11-24-28(16-5-6-16)22(19)26-20(25-21)15-3-2-4-18(9-15)31-13-17(29)10-23/h2-4,9,11,16-17,29H,1,5-8,10,12-13,23H2. The van der Waals surface area contributed by atoms with E-state index in [1.807, 2.05) is 35.1 Å². The van der Waals surface area contributed by atoms with Gasteiger partial charge in [0.1, 0.15) is 36.6 Å². The van der Waals surface area contributed by atoms with Crippen molar-refractivity contribution < 1.29 is 14.6 Å². The molecule has 3 heterocycles. The summed E-state index contributed by atoms with van der Waals surface area (Å²) in [6.07, 6.45) is 3.39. The van der Waals surface area contributed by atoms with E-state index in [4.69, 9.17) is 25.2 Å². The van der Waals surface area contributed by atoms with Gasteiger partial charge in [0.15, 0.2) is 11.5 Å². The molecule has 0 radical (unpaired) electrons. The van der Waals surface area contributed by atoms with Crippen LogP contribution in [0, 0.1) is 0 Å². The average Bonchev–Trinajstić information content (AvgIpc) is 3.55. The molecule has 162 valence electrons. The Kier molecular flexibility index (Phi) is 5.21. The molecule has 3 N–H and O–H groups in total. The van der Waals surface area contributed by atoms with Gasteiger partial charge < -0.3 is 25.2 Å². The molecule has 1 atom stereocenters. The Balaban J connectivity index is 1.55. The number of benzene rings is 1. The molecule has 2 aliphatic rings. The molecule has 9 heteroatoms. The number of hydrogen-bond acceptors (Lipinski definition) is 8. The third-order valence-electron chi connectivity index (χ3n) is 5.47. The molecule has 9 nitrogen and oxygen atoms in total. The molecule has 5 rings (SSSR count). The number of nitrogens with zero attached hydrogens (tertiary/aromatic N) is 5. The minimum atomic E-state index is -0.704. The SMILES string of the molecule is C=C1CN(c2nc(-c3cccc(OCC(O)CN)c3)nc3c2cnn3C2CC2)CCO1. The minimum Gasteiger partial charge on any atom is -0.495 e. The van der Waals surface area contributed by atoms with Crippen LogP contribution in [-0.2, 0) is 4.74 Å². The smallest absolute Gasteiger partial charge is 0.164 e. The van der Waals surface area contributed by atoms with Gasteiger partial charge in [-0.3, -0.25) is 0 Å². The third-order valence-corrected chi connectivity index (χ3v) is 5.47. The monoisotopic (exact) mass is 422 g/mol. The van der Waals surface area contributed by atoms with Gasteiger partial charge in [-0.25, -0.2) is 14.6 Å². The summed E-state index contributed by atoms with van der Waals surface area (Å²) in [5, 5.41) is 15.2. The summed E-state index contributed by atoms with van der Waals surface area (Å²) in [5.41, 5.74) is 7.13. The molecular formula is C22H26N6O3. The summed E-state index contributed by atoms with van der Waals surface area (Å²) < 4.78 is 13.2. The molecule has 0 amide bonds. The lowest BCUT2D eigenvalue weighted by molar-refractivity contribution is 0.114. The number of fused-ring (bicyclic) bond motifs is 1. The van der Waals surface area contributed by atoms with Crippen molar-refractivity contribution in [1.29, 1.82) is 0 Å². The van der Waals surface area contributed by atoms with Crippen LogP contribution in [-0.4, -0.2) is 63.8 Å². The third kappa shape index (κ3) is 4.06. The van der Waals surface area contributed by atoms with E-state index in [2.05, 4.69) is 16.6 Å². The number of rotatable bonds is 7. The molecule has 1 unspecified atom stereocenters. The van der Waals surface area contributed by atoms with Crippen LogP contribution in [0.5, 0.6) is 5.75 Å². The van der Waals surface area contributed by atoms with Crippen molar-refractivity contribution >= 4 is 16.9 Å². The van der Waals surface area contributed by atoms with E-state index in [1.54, 1.807) is 0 Å². The molecule has 1 aliphatic carbocycles. The van der Waals surface area contributed by atoms with Crippen LogP contribution in [0.1, 0.15) is 18.9 Å². The van der Waals surface area contributed by atoms with Crippen molar-refractivity contribution in [3.63, 3.8) is 0 Å². The van der Waals surface area contributed by atoms with Crippen LogP contribution in [0.2, 0.25) is 0 Å². The molecule has 1 saturated heterocycles. The minimum absolute atomic E-state index is 0.134. The number of hydrogen-bond donors (Lipinski definition) is 2. The van der Waals surface area contributed by atoms with Crippen LogP contribution in [0.15, 0.2) is 42.8 Å². The first-order valence-electron chi connectivity index (χ1n) is 10.5. The molecule has 0 spiro atoms. The van der Waals surface area contributed by atoms with Gasteiger partial charge in [-0.2, -0.15) is 5.10 Å². The summed E-state index contributed by atoms with van der Waals surface area (Å²) in [5.74, 6) is 2.79. The van der Waals surface area contributed by atoms with E-state index in [9.17, 15) is 5.11 Å². The molecule has 31 heavy (non-hydrogen) atoms. The highest BCUT2D eigenvalue weighted by Gasteiger charge is 2.29. The Morgan fingerprint density at radius 3 is 2.97 bits per heavy atom. The van der Waals surface area contributed by atoms with Gasteiger partial charge in [-0.05, 0) is 25.0 Å². The lowest BCUT2D eigenvalue weighted by atomic mass is 10.2. The Bertz CT molecular complexity index is 1110. The topological polar surface area (TPSA) is 112 Å². The molecule has 3 aromatic rings. The zero-order chi connectivity index (χ0) is 21.4. The van der Waals surface area contributed by atoms with E-state index < -0.39 is 6.10 Å². The highest BCUT2D eigenvalue weighted by Crippen LogP contribution is 2.38. The summed E-state index contributed by atoms with van der Waals surface area (Å²) >= 11 is 0. The lowest BCUT2D eigenvalue weighted by Crippen LogP contribution is -2.35. The summed E-state index contributed by atoms with van der Waals surface area (Å²) in [7, 11) is 0. The number of anilines is 1. The Morgan fingerprint density at radius 2 is 2.19 bits per heavy atom. The fourth-order valence-electron chi connectivity index (χ4n) is 3.67. The summed E-state index contributed by atoms with van der Waals surface area (Å²) in [6.45, 7) is 6.14. The number of ether oxygens (including phenoxy) is 2. The highest BCUT2D eigenvalue weighted by molar-refractivity contribution is 5.89. The van der Waals surface area contributed by atoms with E-state index in [1.165, 1.54) is 0 Å². The van der Waals surface area contributed by atoms with Gasteiger partial charge in [0.25, 0.3) is 0 Å². The maximum absolute atomic E-state index is 9.68. The van der Waals surface area contributed by atoms with E-state index in [0.717, 1.165) is 47.6 Å². The van der Waals surface area contributed by atoms with Crippen LogP contribution >= 0.6 is 0 Å². The molecule has 1 aromatic carbocycles. The van der Waals surface area contributed by atoms with E-state index >= 15 is 0 Å². The van der Waals surface area contributed by atoms with Crippen LogP contribution in [0.4, 0.5) is 5.82 Å². The second-order valence-electron chi connectivity index (χ2n) is 7.97. The number of morpholine rings is 1. The average molecular weight is 422 g/mol. The maximum Gasteiger partial charge on any atom is 0.164 e. The van der Waals surface area contributed by atoms with E-state index in [0.29, 0.717) is 30.8 Å². The second-order valence-corrected chi connectivity index (χ2v) is 7.97. The van der Waals surface area contributed by atoms with Crippen molar-refractivity contribution in [2.75, 3.05) is 37.7 Å². The quantitative estimate of drug-likeness (QED) is 0.594. The van der Waals surface area contributed by atoms with Gasteiger partial charge >= 0.3 is 0 Å². The van der Waals surface area contributed by atoms with Gasteiger partial charge in [-0.1, -0.05) is 18.7 Å². The Labute approximate surface area is 180 Å². The second kappa shape index (κ2) is 8.16. The molecule has 2 aromatic heterocycles. The normalized spacial score (nSPS) is 17.6. The Hall–Kier alpha value is -3.17. The first-order chi connectivity index (χ1) is 15.1. The number of aliphatic hydroxyl groups excluding tert-OH is 1. The number of nitrogens with two attached hydrogens (primary N) is 1. The fraction of sp³-hybridized carbons (Fsp3) is 0.409. The van der Waals surface area contributed by atoms with Crippen LogP contribution < -0.4 is 15.4 Å². The van der Waals surface area contributed by atoms with Gasteiger partial charge in [0, 0.05) is 12.1 Å². The van der Waals surface area contributed by atoms with Gasteiger partial charge in [0.2, 0.25) is 0 Å². The summed E-state index contributed by atoms with van der Waals surface area (Å²) in [6, 6.07) is 7.96. The van der Waals surface area contributed by atoms with Gasteiger partial charge in [0.05, 0.1) is 30.7 Å². The number of aliphatic hydroxyl groups is 1. The highest BCUT2D eigenvalue weighted by atomic mass is 16.5. The Morgan fingerprint density at radius 1 is 1.32 bits per heavy atom. The van der Waals surface area contributed by atoms with Crippen molar-refractivity contribution in [1.82, 2.24) is 19.7 Å². The fourth-order valence-corrected chi connectivity index (χ4v) is 3.67. The number of aromatic nitrogens is 4. The van der Waals surface area contributed by atoms with Crippen molar-refractivity contribution in [3.8, 4) is 17.1 Å². The summed E-state index contributed by atoms with van der Waals surface area (Å²) in [4.78, 5) is 12.0. The van der Waals surface area contributed by atoms with Crippen LogP contribution in [0.3, 0.4) is 0 Å². The predicted molar refractivity (Wildman–Crippen MR) is 117 cm³/mol. The molecule has 1 aliphatic heterocycles.